The number of carbonyl (C=O) groups is 1. The van der Waals surface area contributed by atoms with Crippen LogP contribution in [0, 0.1) is 0 Å². The number of halogens is 1. The van der Waals surface area contributed by atoms with Crippen LogP contribution in [0.2, 0.25) is 0 Å². The summed E-state index contributed by atoms with van der Waals surface area (Å²) in [5, 5.41) is 13.6. The molecule has 1 aliphatic rings. The monoisotopic (exact) mass is 320 g/mol. The number of fused-ring (bicyclic) bond motifs is 1. The number of hydrogen-bond donors (Lipinski definition) is 1. The van der Waals surface area contributed by atoms with Gasteiger partial charge < -0.3 is 5.11 Å². The molecule has 1 aromatic carbocycles. The summed E-state index contributed by atoms with van der Waals surface area (Å²) in [5.74, 6) is -0.936. The van der Waals surface area contributed by atoms with Gasteiger partial charge in [0.05, 0.1) is 5.69 Å². The fourth-order valence-electron chi connectivity index (χ4n) is 2.57. The first kappa shape index (κ1) is 12.4. The van der Waals surface area contributed by atoms with E-state index in [1.165, 1.54) is 0 Å². The molecule has 4 nitrogen and oxygen atoms in total. The maximum Gasteiger partial charge on any atom is 0.356 e. The lowest BCUT2D eigenvalue weighted by Gasteiger charge is -2.13. The summed E-state index contributed by atoms with van der Waals surface area (Å²) in [4.78, 5) is 11.3. The lowest BCUT2D eigenvalue weighted by Crippen LogP contribution is -2.08. The molecule has 5 heteroatoms. The number of aromatic nitrogens is 2. The van der Waals surface area contributed by atoms with Gasteiger partial charge in [-0.2, -0.15) is 5.10 Å². The molecule has 0 saturated carbocycles. The lowest BCUT2D eigenvalue weighted by atomic mass is 9.95. The van der Waals surface area contributed by atoms with E-state index in [1.54, 1.807) is 4.68 Å². The smallest absolute Gasteiger partial charge is 0.356 e. The maximum absolute atomic E-state index is 11.3. The van der Waals surface area contributed by atoms with Crippen LogP contribution in [-0.4, -0.2) is 20.9 Å². The molecule has 0 bridgehead atoms. The van der Waals surface area contributed by atoms with E-state index in [1.807, 2.05) is 24.3 Å². The molecule has 1 heterocycles. The Kier molecular flexibility index (Phi) is 3.14. The molecule has 0 radical (unpaired) electrons. The molecule has 19 heavy (non-hydrogen) atoms. The third-order valence-corrected chi connectivity index (χ3v) is 3.98. The standard InChI is InChI=1S/C14H13BrN2O2/c15-9-5-7-10(8-6-9)17-12-4-2-1-3-11(12)13(16-17)14(18)19/h5-8H,1-4H2,(H,18,19). The molecule has 0 saturated heterocycles. The van der Waals surface area contributed by atoms with Gasteiger partial charge in [-0.25, -0.2) is 9.48 Å². The predicted molar refractivity (Wildman–Crippen MR) is 74.9 cm³/mol. The summed E-state index contributed by atoms with van der Waals surface area (Å²) in [6, 6.07) is 7.76. The number of carboxylic acids is 1. The summed E-state index contributed by atoms with van der Waals surface area (Å²) >= 11 is 3.40. The second kappa shape index (κ2) is 4.81. The van der Waals surface area contributed by atoms with Crippen molar-refractivity contribution in [2.45, 2.75) is 25.7 Å². The summed E-state index contributed by atoms with van der Waals surface area (Å²) < 4.78 is 2.78. The number of hydrogen-bond acceptors (Lipinski definition) is 2. The van der Waals surface area contributed by atoms with Gasteiger partial charge >= 0.3 is 5.97 Å². The van der Waals surface area contributed by atoms with Crippen molar-refractivity contribution in [1.82, 2.24) is 9.78 Å². The van der Waals surface area contributed by atoms with E-state index >= 15 is 0 Å². The molecular formula is C14H13BrN2O2. The number of benzene rings is 1. The van der Waals surface area contributed by atoms with Crippen LogP contribution in [0.15, 0.2) is 28.7 Å². The highest BCUT2D eigenvalue weighted by Crippen LogP contribution is 2.27. The summed E-state index contributed by atoms with van der Waals surface area (Å²) in [7, 11) is 0. The predicted octanol–water partition coefficient (Wildman–Crippen LogP) is 3.21. The first-order chi connectivity index (χ1) is 9.16. The van der Waals surface area contributed by atoms with Gasteiger partial charge in [-0.05, 0) is 49.9 Å². The number of rotatable bonds is 2. The lowest BCUT2D eigenvalue weighted by molar-refractivity contribution is 0.0688. The summed E-state index contributed by atoms with van der Waals surface area (Å²) in [6.45, 7) is 0. The van der Waals surface area contributed by atoms with Gasteiger partial charge in [0.15, 0.2) is 5.69 Å². The van der Waals surface area contributed by atoms with Crippen LogP contribution in [0.5, 0.6) is 0 Å². The molecule has 1 aromatic heterocycles. The van der Waals surface area contributed by atoms with Crippen molar-refractivity contribution in [3.05, 3.63) is 45.7 Å². The topological polar surface area (TPSA) is 55.1 Å². The number of aromatic carboxylic acids is 1. The maximum atomic E-state index is 11.3. The molecule has 0 unspecified atom stereocenters. The van der Waals surface area contributed by atoms with Crippen LogP contribution < -0.4 is 0 Å². The largest absolute Gasteiger partial charge is 0.476 e. The van der Waals surface area contributed by atoms with Gasteiger partial charge in [0, 0.05) is 15.7 Å². The molecule has 0 aliphatic heterocycles. The highest BCUT2D eigenvalue weighted by Gasteiger charge is 2.24. The van der Waals surface area contributed by atoms with Crippen molar-refractivity contribution >= 4 is 21.9 Å². The van der Waals surface area contributed by atoms with Gasteiger partial charge in [-0.3, -0.25) is 0 Å². The Hall–Kier alpha value is -1.62. The molecule has 2 aromatic rings. The summed E-state index contributed by atoms with van der Waals surface area (Å²) in [6.07, 6.45) is 3.84. The highest BCUT2D eigenvalue weighted by atomic mass is 79.9. The minimum Gasteiger partial charge on any atom is -0.476 e. The molecule has 1 N–H and O–H groups in total. The second-order valence-electron chi connectivity index (χ2n) is 4.67. The van der Waals surface area contributed by atoms with Gasteiger partial charge in [0.25, 0.3) is 0 Å². The Morgan fingerprint density at radius 3 is 2.58 bits per heavy atom. The Labute approximate surface area is 119 Å². The van der Waals surface area contributed by atoms with E-state index in [0.29, 0.717) is 0 Å². The molecule has 3 rings (SSSR count). The third-order valence-electron chi connectivity index (χ3n) is 3.45. The van der Waals surface area contributed by atoms with Crippen molar-refractivity contribution in [3.63, 3.8) is 0 Å². The zero-order valence-corrected chi connectivity index (χ0v) is 11.9. The number of nitrogens with zero attached hydrogens (tertiary/aromatic N) is 2. The average molecular weight is 321 g/mol. The summed E-state index contributed by atoms with van der Waals surface area (Å²) in [5.41, 5.74) is 3.07. The van der Waals surface area contributed by atoms with Gasteiger partial charge in [0.2, 0.25) is 0 Å². The number of carboxylic acid groups (broad SMARTS) is 1. The minimum atomic E-state index is -0.936. The van der Waals surface area contributed by atoms with Gasteiger partial charge in [-0.1, -0.05) is 15.9 Å². The quantitative estimate of drug-likeness (QED) is 0.924. The van der Waals surface area contributed by atoms with Crippen LogP contribution >= 0.6 is 15.9 Å². The van der Waals surface area contributed by atoms with Crippen LogP contribution in [0.1, 0.15) is 34.6 Å². The zero-order valence-electron chi connectivity index (χ0n) is 10.3. The second-order valence-corrected chi connectivity index (χ2v) is 5.59. The van der Waals surface area contributed by atoms with Gasteiger partial charge in [-0.15, -0.1) is 0 Å². The van der Waals surface area contributed by atoms with Crippen molar-refractivity contribution in [1.29, 1.82) is 0 Å². The fraction of sp³-hybridized carbons (Fsp3) is 0.286. The highest BCUT2D eigenvalue weighted by molar-refractivity contribution is 9.10. The van der Waals surface area contributed by atoms with Crippen molar-refractivity contribution in [3.8, 4) is 5.69 Å². The molecule has 0 amide bonds. The van der Waals surface area contributed by atoms with Crippen LogP contribution in [0.3, 0.4) is 0 Å². The fourth-order valence-corrected chi connectivity index (χ4v) is 2.83. The molecule has 98 valence electrons. The van der Waals surface area contributed by atoms with Crippen molar-refractivity contribution in [2.75, 3.05) is 0 Å². The first-order valence-electron chi connectivity index (χ1n) is 6.27. The van der Waals surface area contributed by atoms with Crippen LogP contribution in [-0.2, 0) is 12.8 Å². The normalized spacial score (nSPS) is 14.2. The van der Waals surface area contributed by atoms with Gasteiger partial charge in [0.1, 0.15) is 0 Å². The van der Waals surface area contributed by atoms with Crippen molar-refractivity contribution < 1.29 is 9.90 Å². The Morgan fingerprint density at radius 2 is 1.89 bits per heavy atom. The van der Waals surface area contributed by atoms with Crippen molar-refractivity contribution in [2.24, 2.45) is 0 Å². The van der Waals surface area contributed by atoms with E-state index in [2.05, 4.69) is 21.0 Å². The Balaban J connectivity index is 2.16. The SMILES string of the molecule is O=C(O)c1nn(-c2ccc(Br)cc2)c2c1CCCC2. The van der Waals surface area contributed by atoms with Crippen LogP contribution in [0.25, 0.3) is 5.69 Å². The van der Waals surface area contributed by atoms with E-state index in [4.69, 9.17) is 0 Å². The minimum absolute atomic E-state index is 0.206. The van der Waals surface area contributed by atoms with E-state index in [9.17, 15) is 9.90 Å². The zero-order chi connectivity index (χ0) is 13.4. The Bertz CT molecular complexity index is 632. The van der Waals surface area contributed by atoms with E-state index in [-0.39, 0.29) is 5.69 Å². The van der Waals surface area contributed by atoms with Crippen LogP contribution in [0.4, 0.5) is 0 Å². The Morgan fingerprint density at radius 1 is 1.21 bits per heavy atom. The third kappa shape index (κ3) is 2.18. The molecule has 0 fully saturated rings. The van der Waals surface area contributed by atoms with E-state index < -0.39 is 5.97 Å². The molecule has 0 spiro atoms. The first-order valence-corrected chi connectivity index (χ1v) is 7.06. The van der Waals surface area contributed by atoms with E-state index in [0.717, 1.165) is 47.1 Å². The average Bonchev–Trinajstić information content (AvgIpc) is 2.79. The molecule has 1 aliphatic carbocycles. The molecular weight excluding hydrogens is 308 g/mol. The molecule has 0 atom stereocenters.